The Morgan fingerprint density at radius 3 is 2.33 bits per heavy atom. The number of nitrogens with one attached hydrogen (secondary N) is 1. The standard InChI is InChI=1S/C12H21NO5/c1-4-5-8(2)11(15)13-9(12(16)17)6-7-10(14)18-3/h8-9H,4-7H2,1-3H3,(H,13,15)(H,16,17)/t8?,9-/m1/s1. The minimum absolute atomic E-state index is 0.0318. The highest BCUT2D eigenvalue weighted by atomic mass is 16.5. The van der Waals surface area contributed by atoms with Gasteiger partial charge in [-0.15, -0.1) is 0 Å². The molecule has 0 saturated carbocycles. The number of carboxylic acid groups (broad SMARTS) is 1. The maximum absolute atomic E-state index is 11.7. The largest absolute Gasteiger partial charge is 0.480 e. The highest BCUT2D eigenvalue weighted by Gasteiger charge is 2.23. The van der Waals surface area contributed by atoms with Crippen molar-refractivity contribution in [3.05, 3.63) is 0 Å². The summed E-state index contributed by atoms with van der Waals surface area (Å²) in [5.41, 5.74) is 0. The van der Waals surface area contributed by atoms with Crippen molar-refractivity contribution in [2.24, 2.45) is 5.92 Å². The van der Waals surface area contributed by atoms with Crippen molar-refractivity contribution >= 4 is 17.8 Å². The number of amides is 1. The Kier molecular flexibility index (Phi) is 7.74. The highest BCUT2D eigenvalue weighted by Crippen LogP contribution is 2.07. The molecule has 0 spiro atoms. The third-order valence-corrected chi connectivity index (χ3v) is 2.65. The zero-order chi connectivity index (χ0) is 14.1. The lowest BCUT2D eigenvalue weighted by Crippen LogP contribution is -2.43. The maximum atomic E-state index is 11.7. The molecule has 6 nitrogen and oxygen atoms in total. The number of ether oxygens (including phenoxy) is 1. The van der Waals surface area contributed by atoms with Crippen molar-refractivity contribution < 1.29 is 24.2 Å². The molecule has 0 aromatic carbocycles. The average Bonchev–Trinajstić information content (AvgIpc) is 2.33. The Morgan fingerprint density at radius 1 is 1.28 bits per heavy atom. The third kappa shape index (κ3) is 6.22. The molecule has 2 N–H and O–H groups in total. The Labute approximate surface area is 107 Å². The molecule has 0 fully saturated rings. The molecule has 0 rings (SSSR count). The SMILES string of the molecule is CCCC(C)C(=O)N[C@H](CCC(=O)OC)C(=O)O. The van der Waals surface area contributed by atoms with Crippen LogP contribution in [-0.4, -0.2) is 36.1 Å². The molecule has 104 valence electrons. The fourth-order valence-corrected chi connectivity index (χ4v) is 1.50. The van der Waals surface area contributed by atoms with Gasteiger partial charge in [0.05, 0.1) is 7.11 Å². The van der Waals surface area contributed by atoms with E-state index in [2.05, 4.69) is 10.1 Å². The number of carbonyl (C=O) groups is 3. The topological polar surface area (TPSA) is 92.7 Å². The summed E-state index contributed by atoms with van der Waals surface area (Å²) in [6.45, 7) is 3.70. The molecule has 0 aromatic rings. The first-order valence-corrected chi connectivity index (χ1v) is 6.02. The van der Waals surface area contributed by atoms with Gasteiger partial charge >= 0.3 is 11.9 Å². The molecule has 0 heterocycles. The van der Waals surface area contributed by atoms with Gasteiger partial charge in [0.25, 0.3) is 0 Å². The van der Waals surface area contributed by atoms with Gasteiger partial charge in [-0.25, -0.2) is 4.79 Å². The normalized spacial score (nSPS) is 13.5. The number of esters is 1. The predicted octanol–water partition coefficient (Wildman–Crippen LogP) is 0.945. The van der Waals surface area contributed by atoms with Crippen LogP contribution in [0.2, 0.25) is 0 Å². The van der Waals surface area contributed by atoms with Gasteiger partial charge in [0.1, 0.15) is 6.04 Å². The van der Waals surface area contributed by atoms with Crippen molar-refractivity contribution in [1.82, 2.24) is 5.32 Å². The van der Waals surface area contributed by atoms with E-state index in [0.717, 1.165) is 6.42 Å². The molecule has 18 heavy (non-hydrogen) atoms. The monoisotopic (exact) mass is 259 g/mol. The zero-order valence-corrected chi connectivity index (χ0v) is 11.1. The molecule has 0 aliphatic heterocycles. The Balaban J connectivity index is 4.31. The van der Waals surface area contributed by atoms with Crippen LogP contribution in [0, 0.1) is 5.92 Å². The number of aliphatic carboxylic acids is 1. The molecule has 0 aliphatic rings. The number of carbonyl (C=O) groups excluding carboxylic acids is 2. The van der Waals surface area contributed by atoms with Crippen LogP contribution in [0.25, 0.3) is 0 Å². The van der Waals surface area contributed by atoms with Gasteiger partial charge in [-0.1, -0.05) is 20.3 Å². The van der Waals surface area contributed by atoms with Gasteiger partial charge in [0.2, 0.25) is 5.91 Å². The number of carboxylic acids is 1. The fraction of sp³-hybridized carbons (Fsp3) is 0.750. The zero-order valence-electron chi connectivity index (χ0n) is 11.1. The van der Waals surface area contributed by atoms with Crippen molar-refractivity contribution in [2.45, 2.75) is 45.6 Å². The molecular formula is C12H21NO5. The Bertz CT molecular complexity index is 303. The van der Waals surface area contributed by atoms with Crippen LogP contribution >= 0.6 is 0 Å². The number of hydrogen-bond donors (Lipinski definition) is 2. The first-order valence-electron chi connectivity index (χ1n) is 6.02. The van der Waals surface area contributed by atoms with Crippen LogP contribution in [0.5, 0.6) is 0 Å². The first-order chi connectivity index (χ1) is 8.42. The third-order valence-electron chi connectivity index (χ3n) is 2.65. The fourth-order valence-electron chi connectivity index (χ4n) is 1.50. The van der Waals surface area contributed by atoms with Crippen molar-refractivity contribution in [3.63, 3.8) is 0 Å². The van der Waals surface area contributed by atoms with Crippen LogP contribution in [0.3, 0.4) is 0 Å². The Hall–Kier alpha value is -1.59. The van der Waals surface area contributed by atoms with E-state index in [-0.39, 0.29) is 24.7 Å². The summed E-state index contributed by atoms with van der Waals surface area (Å²) in [6.07, 6.45) is 1.56. The van der Waals surface area contributed by atoms with E-state index in [0.29, 0.717) is 6.42 Å². The van der Waals surface area contributed by atoms with Gasteiger partial charge in [0.15, 0.2) is 0 Å². The lowest BCUT2D eigenvalue weighted by molar-refractivity contribution is -0.144. The molecule has 1 amide bonds. The van der Waals surface area contributed by atoms with E-state index in [1.807, 2.05) is 6.92 Å². The van der Waals surface area contributed by atoms with E-state index < -0.39 is 18.0 Å². The molecule has 0 radical (unpaired) electrons. The Morgan fingerprint density at radius 2 is 1.89 bits per heavy atom. The lowest BCUT2D eigenvalue weighted by Gasteiger charge is -2.17. The van der Waals surface area contributed by atoms with Gasteiger partial charge in [-0.2, -0.15) is 0 Å². The molecular weight excluding hydrogens is 238 g/mol. The summed E-state index contributed by atoms with van der Waals surface area (Å²) in [7, 11) is 1.24. The van der Waals surface area contributed by atoms with Crippen LogP contribution in [0.15, 0.2) is 0 Å². The lowest BCUT2D eigenvalue weighted by atomic mass is 10.0. The average molecular weight is 259 g/mol. The first kappa shape index (κ1) is 16.4. The van der Waals surface area contributed by atoms with Crippen molar-refractivity contribution in [3.8, 4) is 0 Å². The predicted molar refractivity (Wildman–Crippen MR) is 64.9 cm³/mol. The van der Waals surface area contributed by atoms with Crippen LogP contribution in [0.4, 0.5) is 0 Å². The van der Waals surface area contributed by atoms with E-state index in [1.165, 1.54) is 7.11 Å². The van der Waals surface area contributed by atoms with Gasteiger partial charge in [-0.3, -0.25) is 9.59 Å². The molecule has 2 atom stereocenters. The molecule has 1 unspecified atom stereocenters. The molecule has 6 heteroatoms. The van der Waals surface area contributed by atoms with E-state index in [4.69, 9.17) is 5.11 Å². The van der Waals surface area contributed by atoms with E-state index in [1.54, 1.807) is 6.92 Å². The smallest absolute Gasteiger partial charge is 0.326 e. The summed E-state index contributed by atoms with van der Waals surface area (Å²) in [4.78, 5) is 33.6. The second-order valence-corrected chi connectivity index (χ2v) is 4.20. The molecule has 0 saturated heterocycles. The second kappa shape index (κ2) is 8.49. The van der Waals surface area contributed by atoms with Gasteiger partial charge in [0, 0.05) is 12.3 Å². The summed E-state index contributed by atoms with van der Waals surface area (Å²) in [5.74, 6) is -2.16. The van der Waals surface area contributed by atoms with Crippen molar-refractivity contribution in [1.29, 1.82) is 0 Å². The summed E-state index contributed by atoms with van der Waals surface area (Å²) < 4.78 is 4.43. The second-order valence-electron chi connectivity index (χ2n) is 4.20. The quantitative estimate of drug-likeness (QED) is 0.633. The highest BCUT2D eigenvalue weighted by molar-refractivity contribution is 5.85. The van der Waals surface area contributed by atoms with E-state index in [9.17, 15) is 14.4 Å². The minimum atomic E-state index is -1.14. The number of methoxy groups -OCH3 is 1. The summed E-state index contributed by atoms with van der Waals surface area (Å²) >= 11 is 0. The minimum Gasteiger partial charge on any atom is -0.480 e. The molecule has 0 aromatic heterocycles. The molecule has 0 bridgehead atoms. The van der Waals surface area contributed by atoms with Gasteiger partial charge in [-0.05, 0) is 12.8 Å². The van der Waals surface area contributed by atoms with Crippen LogP contribution < -0.4 is 5.32 Å². The summed E-state index contributed by atoms with van der Waals surface area (Å²) in [6, 6.07) is -1.05. The van der Waals surface area contributed by atoms with Gasteiger partial charge < -0.3 is 15.2 Å². The van der Waals surface area contributed by atoms with Crippen molar-refractivity contribution in [2.75, 3.05) is 7.11 Å². The van der Waals surface area contributed by atoms with Crippen LogP contribution in [-0.2, 0) is 19.1 Å². The number of rotatable bonds is 8. The molecule has 0 aliphatic carbocycles. The number of hydrogen-bond acceptors (Lipinski definition) is 4. The maximum Gasteiger partial charge on any atom is 0.326 e. The van der Waals surface area contributed by atoms with E-state index >= 15 is 0 Å². The van der Waals surface area contributed by atoms with Crippen LogP contribution in [0.1, 0.15) is 39.5 Å². The summed E-state index contributed by atoms with van der Waals surface area (Å²) in [5, 5.41) is 11.4.